The smallest absolute Gasteiger partial charge is 0.261 e. The van der Waals surface area contributed by atoms with E-state index in [0.29, 0.717) is 24.4 Å². The average Bonchev–Trinajstić information content (AvgIpc) is 3.34. The highest BCUT2D eigenvalue weighted by molar-refractivity contribution is 6.22. The molecule has 0 saturated carbocycles. The number of halogens is 1. The molecule has 1 aliphatic heterocycles. The van der Waals surface area contributed by atoms with Crippen LogP contribution in [0.3, 0.4) is 0 Å². The van der Waals surface area contributed by atoms with E-state index < -0.39 is 17.9 Å². The highest BCUT2D eigenvalue weighted by atomic mass is 19.1. The number of aryl methyl sites for hydroxylation is 1. The third kappa shape index (κ3) is 4.40. The quantitative estimate of drug-likeness (QED) is 0.421. The predicted molar refractivity (Wildman–Crippen MR) is 117 cm³/mol. The third-order valence-electron chi connectivity index (χ3n) is 5.56. The third-order valence-corrected chi connectivity index (χ3v) is 5.56. The van der Waals surface area contributed by atoms with E-state index in [-0.39, 0.29) is 35.0 Å². The number of hydrogen-bond donors (Lipinski definition) is 1. The second-order valence-electron chi connectivity index (χ2n) is 7.72. The molecule has 2 aromatic carbocycles. The van der Waals surface area contributed by atoms with Crippen LogP contribution in [0.1, 0.15) is 54.9 Å². The van der Waals surface area contributed by atoms with Gasteiger partial charge in [0.1, 0.15) is 17.7 Å². The fourth-order valence-electron chi connectivity index (χ4n) is 3.82. The van der Waals surface area contributed by atoms with Crippen LogP contribution < -0.4 is 5.32 Å². The van der Waals surface area contributed by atoms with Crippen LogP contribution >= 0.6 is 0 Å². The molecule has 0 unspecified atom stereocenters. The molecule has 2 heterocycles. The summed E-state index contributed by atoms with van der Waals surface area (Å²) in [6, 6.07) is 9.59. The van der Waals surface area contributed by atoms with E-state index in [1.165, 1.54) is 35.2 Å². The lowest BCUT2D eigenvalue weighted by Crippen LogP contribution is -2.31. The van der Waals surface area contributed by atoms with Crippen molar-refractivity contribution in [1.82, 2.24) is 19.8 Å². The van der Waals surface area contributed by atoms with Gasteiger partial charge in [0, 0.05) is 45.3 Å². The summed E-state index contributed by atoms with van der Waals surface area (Å²) in [5.41, 5.74) is 1.35. The summed E-state index contributed by atoms with van der Waals surface area (Å²) < 4.78 is 20.2. The highest BCUT2D eigenvalue weighted by Crippen LogP contribution is 2.26. The fraction of sp³-hybridized carbons (Fsp3) is 0.250. The van der Waals surface area contributed by atoms with Crippen molar-refractivity contribution in [3.63, 3.8) is 0 Å². The number of benzene rings is 2. The van der Waals surface area contributed by atoms with Gasteiger partial charge in [-0.25, -0.2) is 9.37 Å². The van der Waals surface area contributed by atoms with Crippen molar-refractivity contribution < 1.29 is 23.5 Å². The number of carbonyl (C=O) groups is 3. The van der Waals surface area contributed by atoms with E-state index in [2.05, 4.69) is 10.3 Å². The number of fused-ring (bicyclic) bond motifs is 1. The van der Waals surface area contributed by atoms with Gasteiger partial charge in [-0.2, -0.15) is 0 Å². The number of carbonyl (C=O) groups excluding carboxylic acids is 3. The Kier molecular flexibility index (Phi) is 6.32. The second kappa shape index (κ2) is 9.33. The largest absolute Gasteiger partial charge is 0.385 e. The van der Waals surface area contributed by atoms with Gasteiger partial charge in [0.15, 0.2) is 0 Å². The number of amides is 3. The van der Waals surface area contributed by atoms with E-state index in [0.717, 1.165) is 0 Å². The Labute approximate surface area is 190 Å². The van der Waals surface area contributed by atoms with E-state index in [1.54, 1.807) is 43.3 Å². The fourth-order valence-corrected chi connectivity index (χ4v) is 3.82. The molecule has 0 saturated heterocycles. The van der Waals surface area contributed by atoms with E-state index in [4.69, 9.17) is 4.74 Å². The first-order chi connectivity index (χ1) is 15.9. The molecule has 0 radical (unpaired) electrons. The van der Waals surface area contributed by atoms with Gasteiger partial charge in [0.25, 0.3) is 17.7 Å². The Bertz CT molecular complexity index is 1210. The summed E-state index contributed by atoms with van der Waals surface area (Å²) >= 11 is 0. The lowest BCUT2D eigenvalue weighted by molar-refractivity contribution is 0.0638. The Morgan fingerprint density at radius 3 is 2.52 bits per heavy atom. The maximum Gasteiger partial charge on any atom is 0.261 e. The number of rotatable bonds is 8. The molecule has 1 atom stereocenters. The number of ether oxygens (including phenoxy) is 1. The Hall–Kier alpha value is -3.85. The lowest BCUT2D eigenvalue weighted by Gasteiger charge is -2.19. The standard InChI is InChI=1S/C24H23FN4O4/c1-28-12-10-26-21(28)20(15-4-7-17(25)8-5-15)27-22(30)16-6-9-18-19(14-16)24(32)29(23(18)31)11-3-13-33-2/h4-10,12,14,20H,3,11,13H2,1-2H3,(H,27,30)/t20-/m0/s1. The van der Waals surface area contributed by atoms with Crippen LogP contribution in [0.2, 0.25) is 0 Å². The maximum atomic E-state index is 13.4. The Morgan fingerprint density at radius 1 is 1.12 bits per heavy atom. The van der Waals surface area contributed by atoms with Gasteiger partial charge in [-0.3, -0.25) is 19.3 Å². The minimum atomic E-state index is -0.644. The molecular weight excluding hydrogens is 427 g/mol. The van der Waals surface area contributed by atoms with E-state index in [9.17, 15) is 18.8 Å². The van der Waals surface area contributed by atoms with Gasteiger partial charge in [-0.15, -0.1) is 0 Å². The molecule has 33 heavy (non-hydrogen) atoms. The normalized spacial score (nSPS) is 13.8. The van der Waals surface area contributed by atoms with Crippen molar-refractivity contribution in [3.05, 3.63) is 88.8 Å². The first-order valence-electron chi connectivity index (χ1n) is 10.4. The van der Waals surface area contributed by atoms with E-state index >= 15 is 0 Å². The number of hydrogen-bond acceptors (Lipinski definition) is 5. The number of methoxy groups -OCH3 is 1. The number of imide groups is 1. The molecule has 1 N–H and O–H groups in total. The molecule has 0 aliphatic carbocycles. The molecule has 0 spiro atoms. The van der Waals surface area contributed by atoms with Crippen molar-refractivity contribution in [2.75, 3.05) is 20.3 Å². The topological polar surface area (TPSA) is 93.5 Å². The van der Waals surface area contributed by atoms with Crippen molar-refractivity contribution >= 4 is 17.7 Å². The summed E-state index contributed by atoms with van der Waals surface area (Å²) in [5.74, 6) is -1.09. The molecule has 4 rings (SSSR count). The van der Waals surface area contributed by atoms with Crippen molar-refractivity contribution in [2.45, 2.75) is 12.5 Å². The van der Waals surface area contributed by atoms with Gasteiger partial charge in [-0.05, 0) is 42.3 Å². The van der Waals surface area contributed by atoms with Gasteiger partial charge < -0.3 is 14.6 Å². The highest BCUT2D eigenvalue weighted by Gasteiger charge is 2.35. The number of nitrogens with one attached hydrogen (secondary N) is 1. The summed E-state index contributed by atoms with van der Waals surface area (Å²) in [5, 5.41) is 2.91. The Balaban J connectivity index is 1.59. The number of aromatic nitrogens is 2. The van der Waals surface area contributed by atoms with Gasteiger partial charge in [0.05, 0.1) is 11.1 Å². The van der Waals surface area contributed by atoms with Crippen molar-refractivity contribution in [2.24, 2.45) is 7.05 Å². The van der Waals surface area contributed by atoms with Gasteiger partial charge >= 0.3 is 0 Å². The molecule has 1 aliphatic rings. The molecule has 170 valence electrons. The summed E-state index contributed by atoms with van der Waals surface area (Å²) in [4.78, 5) is 44.0. The second-order valence-corrected chi connectivity index (χ2v) is 7.72. The minimum absolute atomic E-state index is 0.195. The van der Waals surface area contributed by atoms with Crippen LogP contribution in [0.25, 0.3) is 0 Å². The van der Waals surface area contributed by atoms with Gasteiger partial charge in [0.2, 0.25) is 0 Å². The molecule has 0 fully saturated rings. The summed E-state index contributed by atoms with van der Waals surface area (Å²) in [6.45, 7) is 0.673. The van der Waals surface area contributed by atoms with E-state index in [1.807, 2.05) is 0 Å². The zero-order valence-corrected chi connectivity index (χ0v) is 18.2. The van der Waals surface area contributed by atoms with Crippen LogP contribution in [-0.4, -0.2) is 52.4 Å². The molecule has 3 aromatic rings. The first kappa shape index (κ1) is 22.3. The summed E-state index contributed by atoms with van der Waals surface area (Å²) in [7, 11) is 3.35. The Morgan fingerprint density at radius 2 is 1.85 bits per heavy atom. The number of nitrogens with zero attached hydrogens (tertiary/aromatic N) is 3. The van der Waals surface area contributed by atoms with Crippen LogP contribution in [-0.2, 0) is 11.8 Å². The molecular formula is C24H23FN4O4. The summed E-state index contributed by atoms with van der Waals surface area (Å²) in [6.07, 6.45) is 3.88. The predicted octanol–water partition coefficient (Wildman–Crippen LogP) is 2.71. The van der Waals surface area contributed by atoms with Crippen LogP contribution in [0.4, 0.5) is 4.39 Å². The van der Waals surface area contributed by atoms with Crippen LogP contribution in [0, 0.1) is 5.82 Å². The maximum absolute atomic E-state index is 13.4. The number of imidazole rings is 1. The zero-order chi connectivity index (χ0) is 23.5. The monoisotopic (exact) mass is 450 g/mol. The molecule has 0 bridgehead atoms. The first-order valence-corrected chi connectivity index (χ1v) is 10.4. The van der Waals surface area contributed by atoms with Gasteiger partial charge in [-0.1, -0.05) is 12.1 Å². The van der Waals surface area contributed by atoms with Crippen LogP contribution in [0.5, 0.6) is 0 Å². The molecule has 8 nitrogen and oxygen atoms in total. The minimum Gasteiger partial charge on any atom is -0.385 e. The molecule has 9 heteroatoms. The molecule has 3 amide bonds. The average molecular weight is 450 g/mol. The SMILES string of the molecule is COCCCN1C(=O)c2ccc(C(=O)N[C@@H](c3ccc(F)cc3)c3nccn3C)cc2C1=O. The van der Waals surface area contributed by atoms with Crippen molar-refractivity contribution in [3.8, 4) is 0 Å². The van der Waals surface area contributed by atoms with Crippen molar-refractivity contribution in [1.29, 1.82) is 0 Å². The molecule has 1 aromatic heterocycles. The van der Waals surface area contributed by atoms with Crippen LogP contribution in [0.15, 0.2) is 54.9 Å². The zero-order valence-electron chi connectivity index (χ0n) is 18.2. The lowest BCUT2D eigenvalue weighted by atomic mass is 10.0.